The summed E-state index contributed by atoms with van der Waals surface area (Å²) in [6, 6.07) is 11.3. The van der Waals surface area contributed by atoms with E-state index in [4.69, 9.17) is 5.11 Å². The van der Waals surface area contributed by atoms with Gasteiger partial charge in [0, 0.05) is 17.7 Å². The predicted octanol–water partition coefficient (Wildman–Crippen LogP) is 2.24. The van der Waals surface area contributed by atoms with Crippen LogP contribution in [-0.2, 0) is 0 Å². The van der Waals surface area contributed by atoms with Gasteiger partial charge in [0.25, 0.3) is 5.69 Å². The number of carbonyl (C=O) groups excluding carboxylic acids is 1. The van der Waals surface area contributed by atoms with E-state index >= 15 is 0 Å². The SMILES string of the molecule is O=C(O)c1ccc(-n2nnnc2SCC(=O)c2ccc([N+](=O)[O-])cc2)cc1. The third kappa shape index (κ3) is 4.15. The molecule has 0 atom stereocenters. The highest BCUT2D eigenvalue weighted by atomic mass is 32.2. The van der Waals surface area contributed by atoms with Crippen LogP contribution in [0.2, 0.25) is 0 Å². The van der Waals surface area contributed by atoms with Crippen LogP contribution in [0, 0.1) is 10.1 Å². The Labute approximate surface area is 156 Å². The minimum absolute atomic E-state index is 0.0331. The maximum absolute atomic E-state index is 12.3. The van der Waals surface area contributed by atoms with E-state index in [0.717, 1.165) is 11.8 Å². The Kier molecular flexibility index (Phi) is 5.22. The number of nitro groups is 1. The normalized spacial score (nSPS) is 10.5. The summed E-state index contributed by atoms with van der Waals surface area (Å²) in [5.74, 6) is -1.24. The molecule has 1 N–H and O–H groups in total. The second-order valence-corrected chi connectivity index (χ2v) is 6.18. The number of nitrogens with zero attached hydrogens (tertiary/aromatic N) is 5. The zero-order valence-corrected chi connectivity index (χ0v) is 14.4. The summed E-state index contributed by atoms with van der Waals surface area (Å²) >= 11 is 1.10. The molecule has 1 heterocycles. The highest BCUT2D eigenvalue weighted by molar-refractivity contribution is 7.99. The molecule has 2 aromatic carbocycles. The van der Waals surface area contributed by atoms with Crippen LogP contribution in [-0.4, -0.2) is 47.7 Å². The summed E-state index contributed by atoms with van der Waals surface area (Å²) < 4.78 is 1.39. The van der Waals surface area contributed by atoms with Crippen LogP contribution in [0.4, 0.5) is 5.69 Å². The van der Waals surface area contributed by atoms with Crippen molar-refractivity contribution in [2.45, 2.75) is 5.16 Å². The van der Waals surface area contributed by atoms with Crippen molar-refractivity contribution in [3.05, 3.63) is 69.8 Å². The molecular formula is C16H11N5O5S. The molecule has 0 amide bonds. The summed E-state index contributed by atoms with van der Waals surface area (Å²) in [6.07, 6.45) is 0. The van der Waals surface area contributed by atoms with Crippen molar-refractivity contribution >= 4 is 29.2 Å². The van der Waals surface area contributed by atoms with E-state index in [-0.39, 0.29) is 22.8 Å². The van der Waals surface area contributed by atoms with E-state index in [2.05, 4.69) is 15.5 Å². The van der Waals surface area contributed by atoms with Gasteiger partial charge in [0.2, 0.25) is 5.16 Å². The van der Waals surface area contributed by atoms with Crippen LogP contribution in [0.3, 0.4) is 0 Å². The summed E-state index contributed by atoms with van der Waals surface area (Å²) in [4.78, 5) is 33.3. The molecule has 0 saturated heterocycles. The molecule has 11 heteroatoms. The van der Waals surface area contributed by atoms with E-state index in [1.807, 2.05) is 0 Å². The number of carboxylic acid groups (broad SMARTS) is 1. The first kappa shape index (κ1) is 18.2. The number of aromatic carboxylic acids is 1. The van der Waals surface area contributed by atoms with E-state index in [1.165, 1.54) is 41.1 Å². The second kappa shape index (κ2) is 7.74. The lowest BCUT2D eigenvalue weighted by Crippen LogP contribution is -2.05. The number of carbonyl (C=O) groups is 2. The maximum Gasteiger partial charge on any atom is 0.335 e. The van der Waals surface area contributed by atoms with Crippen LogP contribution in [0.25, 0.3) is 5.69 Å². The van der Waals surface area contributed by atoms with Gasteiger partial charge in [-0.1, -0.05) is 11.8 Å². The molecule has 136 valence electrons. The Balaban J connectivity index is 1.70. The van der Waals surface area contributed by atoms with Gasteiger partial charge in [-0.2, -0.15) is 4.68 Å². The molecular weight excluding hydrogens is 374 g/mol. The first-order valence-electron chi connectivity index (χ1n) is 7.48. The number of ketones is 1. The number of non-ortho nitro benzene ring substituents is 1. The molecule has 0 aliphatic carbocycles. The van der Waals surface area contributed by atoms with Gasteiger partial charge in [0.05, 0.1) is 21.9 Å². The molecule has 0 unspecified atom stereocenters. The lowest BCUT2D eigenvalue weighted by molar-refractivity contribution is -0.384. The highest BCUT2D eigenvalue weighted by Gasteiger charge is 2.14. The molecule has 3 rings (SSSR count). The van der Waals surface area contributed by atoms with Gasteiger partial charge in [0.15, 0.2) is 5.78 Å². The van der Waals surface area contributed by atoms with E-state index in [9.17, 15) is 19.7 Å². The fraction of sp³-hybridized carbons (Fsp3) is 0.0625. The standard InChI is InChI=1S/C16H11N5O5S/c22-14(10-1-7-13(8-2-10)21(25)26)9-27-16-17-18-19-20(16)12-5-3-11(4-6-12)15(23)24/h1-8H,9H2,(H,23,24). The Morgan fingerprint density at radius 1 is 1.07 bits per heavy atom. The fourth-order valence-electron chi connectivity index (χ4n) is 2.16. The number of nitro benzene ring substituents is 1. The zero-order valence-electron chi connectivity index (χ0n) is 13.6. The molecule has 10 nitrogen and oxygen atoms in total. The smallest absolute Gasteiger partial charge is 0.335 e. The molecule has 0 aliphatic heterocycles. The third-order valence-corrected chi connectivity index (χ3v) is 4.45. The molecule has 0 aliphatic rings. The van der Waals surface area contributed by atoms with Gasteiger partial charge >= 0.3 is 5.97 Å². The molecule has 0 fully saturated rings. The average Bonchev–Trinajstić information content (AvgIpc) is 3.14. The van der Waals surface area contributed by atoms with Crippen molar-refractivity contribution in [3.8, 4) is 5.69 Å². The highest BCUT2D eigenvalue weighted by Crippen LogP contribution is 2.20. The Morgan fingerprint density at radius 3 is 2.30 bits per heavy atom. The number of tetrazole rings is 1. The molecule has 1 aromatic heterocycles. The van der Waals surface area contributed by atoms with Gasteiger partial charge in [-0.3, -0.25) is 14.9 Å². The largest absolute Gasteiger partial charge is 0.478 e. The van der Waals surface area contributed by atoms with Gasteiger partial charge in [-0.05, 0) is 46.8 Å². The average molecular weight is 385 g/mol. The van der Waals surface area contributed by atoms with Crippen molar-refractivity contribution in [3.63, 3.8) is 0 Å². The van der Waals surface area contributed by atoms with Crippen molar-refractivity contribution < 1.29 is 19.6 Å². The lowest BCUT2D eigenvalue weighted by atomic mass is 10.1. The zero-order chi connectivity index (χ0) is 19.4. The Morgan fingerprint density at radius 2 is 1.70 bits per heavy atom. The number of carboxylic acids is 1. The topological polar surface area (TPSA) is 141 Å². The second-order valence-electron chi connectivity index (χ2n) is 5.24. The van der Waals surface area contributed by atoms with Gasteiger partial charge in [-0.15, -0.1) is 5.10 Å². The maximum atomic E-state index is 12.3. The van der Waals surface area contributed by atoms with E-state index < -0.39 is 10.9 Å². The summed E-state index contributed by atoms with van der Waals surface area (Å²) in [7, 11) is 0. The number of hydrogen-bond acceptors (Lipinski definition) is 8. The van der Waals surface area contributed by atoms with Crippen molar-refractivity contribution in [1.82, 2.24) is 20.2 Å². The number of Topliss-reactive ketones (excluding diaryl/α,β-unsaturated/α-hetero) is 1. The molecule has 27 heavy (non-hydrogen) atoms. The van der Waals surface area contributed by atoms with Gasteiger partial charge < -0.3 is 5.11 Å². The van der Waals surface area contributed by atoms with Gasteiger partial charge in [-0.25, -0.2) is 4.79 Å². The van der Waals surface area contributed by atoms with Crippen LogP contribution >= 0.6 is 11.8 Å². The van der Waals surface area contributed by atoms with Crippen LogP contribution in [0.15, 0.2) is 53.7 Å². The quantitative estimate of drug-likeness (QED) is 0.280. The van der Waals surface area contributed by atoms with Crippen LogP contribution in [0.5, 0.6) is 0 Å². The minimum Gasteiger partial charge on any atom is -0.478 e. The summed E-state index contributed by atoms with van der Waals surface area (Å²) in [6.45, 7) is 0. The first-order valence-corrected chi connectivity index (χ1v) is 8.47. The third-order valence-electron chi connectivity index (χ3n) is 3.53. The first-order chi connectivity index (χ1) is 13.0. The molecule has 3 aromatic rings. The number of hydrogen-bond donors (Lipinski definition) is 1. The van der Waals surface area contributed by atoms with Gasteiger partial charge in [0.1, 0.15) is 0 Å². The lowest BCUT2D eigenvalue weighted by Gasteiger charge is -2.04. The van der Waals surface area contributed by atoms with Crippen molar-refractivity contribution in [2.75, 3.05) is 5.75 Å². The summed E-state index contributed by atoms with van der Waals surface area (Å²) in [5, 5.41) is 31.2. The molecule has 0 spiro atoms. The molecule has 0 radical (unpaired) electrons. The molecule has 0 saturated carbocycles. The van der Waals surface area contributed by atoms with E-state index in [1.54, 1.807) is 12.1 Å². The fourth-order valence-corrected chi connectivity index (χ4v) is 2.94. The monoisotopic (exact) mass is 385 g/mol. The minimum atomic E-state index is -1.04. The number of rotatable bonds is 7. The van der Waals surface area contributed by atoms with Crippen LogP contribution < -0.4 is 0 Å². The Bertz CT molecular complexity index is 1000. The van der Waals surface area contributed by atoms with Crippen molar-refractivity contribution in [2.24, 2.45) is 0 Å². The predicted molar refractivity (Wildman–Crippen MR) is 94.3 cm³/mol. The Hall–Kier alpha value is -3.60. The number of aromatic nitrogens is 4. The van der Waals surface area contributed by atoms with Crippen molar-refractivity contribution in [1.29, 1.82) is 0 Å². The van der Waals surface area contributed by atoms with E-state index in [0.29, 0.717) is 16.4 Å². The number of benzene rings is 2. The van der Waals surface area contributed by atoms with Crippen LogP contribution in [0.1, 0.15) is 20.7 Å². The summed E-state index contributed by atoms with van der Waals surface area (Å²) in [5.41, 5.74) is 0.940. The molecule has 0 bridgehead atoms. The number of thioether (sulfide) groups is 1.